The quantitative estimate of drug-likeness (QED) is 0.102. The fraction of sp³-hybridized carbons (Fsp3) is 0.733. The molecule has 2 rings (SSSR count). The van der Waals surface area contributed by atoms with E-state index >= 15 is 0 Å². The van der Waals surface area contributed by atoms with Gasteiger partial charge in [-0.2, -0.15) is 0 Å². The molecule has 0 spiro atoms. The number of carbonyl (C=O) groups is 8. The molecule has 8 N–H and O–H groups in total. The van der Waals surface area contributed by atoms with E-state index in [0.717, 1.165) is 0 Å². The average Bonchev–Trinajstić information content (AvgIpc) is 3.67. The zero-order chi connectivity index (χ0) is 35.7. The van der Waals surface area contributed by atoms with Crippen LogP contribution >= 0.6 is 0 Å². The fourth-order valence-corrected chi connectivity index (χ4v) is 5.63. The number of nitrogens with two attached hydrogens (primary N) is 1. The van der Waals surface area contributed by atoms with Crippen molar-refractivity contribution in [3.05, 3.63) is 0 Å². The Morgan fingerprint density at radius 3 is 1.68 bits per heavy atom. The van der Waals surface area contributed by atoms with Crippen molar-refractivity contribution in [2.45, 2.75) is 116 Å². The van der Waals surface area contributed by atoms with Crippen molar-refractivity contribution < 1.29 is 48.6 Å². The zero-order valence-electron chi connectivity index (χ0n) is 27.8. The van der Waals surface area contributed by atoms with Crippen molar-refractivity contribution >= 4 is 47.4 Å². The maximum atomic E-state index is 13.5. The molecule has 2 heterocycles. The number of carboxylic acid groups (broad SMARTS) is 2. The summed E-state index contributed by atoms with van der Waals surface area (Å²) in [5, 5.41) is 28.5. The van der Waals surface area contributed by atoms with E-state index < -0.39 is 102 Å². The van der Waals surface area contributed by atoms with Crippen molar-refractivity contribution in [1.82, 2.24) is 31.1 Å². The molecule has 17 nitrogen and oxygen atoms in total. The van der Waals surface area contributed by atoms with Crippen LogP contribution in [0, 0.1) is 11.8 Å². The van der Waals surface area contributed by atoms with Gasteiger partial charge < -0.3 is 47.0 Å². The molecule has 0 radical (unpaired) electrons. The Balaban J connectivity index is 2.06. The van der Waals surface area contributed by atoms with Gasteiger partial charge in [0.25, 0.3) is 0 Å². The van der Waals surface area contributed by atoms with Crippen LogP contribution in [-0.2, 0) is 38.4 Å². The standard InChI is InChI=1S/C30H49N7O10/c1-14(2)22(27(43)35-23(15(3)4)29(45)37-12-8-10-20(37)30(46)47)34-26(42)19-9-7-11-36(19)28(44)17(6)33-24(40)16(5)32-25(41)18(31)13-21(38)39/h14-20,22-23H,7-13,31H2,1-6H3,(H,32,41)(H,33,40)(H,34,42)(H,35,43)(H,38,39)(H,46,47)/t16-,17-,18-,19-,20-,22-,23-/m0/s1. The molecule has 0 saturated carbocycles. The van der Waals surface area contributed by atoms with Crippen molar-refractivity contribution in [3.63, 3.8) is 0 Å². The van der Waals surface area contributed by atoms with E-state index in [1.807, 2.05) is 0 Å². The van der Waals surface area contributed by atoms with Gasteiger partial charge in [-0.15, -0.1) is 0 Å². The van der Waals surface area contributed by atoms with E-state index in [-0.39, 0.29) is 19.0 Å². The molecule has 6 amide bonds. The lowest BCUT2D eigenvalue weighted by atomic mass is 9.98. The lowest BCUT2D eigenvalue weighted by Gasteiger charge is -2.32. The van der Waals surface area contributed by atoms with Gasteiger partial charge in [0.15, 0.2) is 0 Å². The summed E-state index contributed by atoms with van der Waals surface area (Å²) in [6.07, 6.45) is 1.01. The number of carboxylic acids is 2. The Kier molecular flexibility index (Phi) is 14.1. The number of nitrogens with one attached hydrogen (secondary N) is 4. The maximum absolute atomic E-state index is 13.5. The molecule has 0 aliphatic carbocycles. The Bertz CT molecular complexity index is 1230. The summed E-state index contributed by atoms with van der Waals surface area (Å²) in [4.78, 5) is 103. The van der Waals surface area contributed by atoms with Gasteiger partial charge in [-0.1, -0.05) is 27.7 Å². The highest BCUT2D eigenvalue weighted by Gasteiger charge is 2.41. The van der Waals surface area contributed by atoms with Gasteiger partial charge in [0.2, 0.25) is 35.4 Å². The second kappa shape index (κ2) is 17.0. The Hall–Kier alpha value is -4.28. The summed E-state index contributed by atoms with van der Waals surface area (Å²) in [6, 6.07) is -7.60. The molecule has 0 aromatic carbocycles. The van der Waals surface area contributed by atoms with E-state index in [0.29, 0.717) is 25.7 Å². The molecule has 2 aliphatic heterocycles. The smallest absolute Gasteiger partial charge is 0.326 e. The SMILES string of the molecule is CC(C)[C@H](NC(=O)[C@@H]1CCCN1C(=O)[C@H](C)NC(=O)[C@H](C)NC(=O)[C@@H](N)CC(=O)O)C(=O)N[C@H](C(=O)N1CCC[C@H]1C(=O)O)C(C)C. The summed E-state index contributed by atoms with van der Waals surface area (Å²) in [5.41, 5.74) is 5.52. The van der Waals surface area contributed by atoms with Crippen LogP contribution in [0.5, 0.6) is 0 Å². The molecule has 47 heavy (non-hydrogen) atoms. The topological polar surface area (TPSA) is 258 Å². The van der Waals surface area contributed by atoms with Crippen LogP contribution in [0.1, 0.15) is 73.6 Å². The molecule has 0 aromatic rings. The number of nitrogens with zero attached hydrogens (tertiary/aromatic N) is 2. The minimum Gasteiger partial charge on any atom is -0.481 e. The summed E-state index contributed by atoms with van der Waals surface area (Å²) < 4.78 is 0. The normalized spacial score (nSPS) is 21.0. The second-order valence-electron chi connectivity index (χ2n) is 12.8. The molecule has 17 heteroatoms. The Morgan fingerprint density at radius 1 is 0.660 bits per heavy atom. The number of hydrogen-bond acceptors (Lipinski definition) is 9. The van der Waals surface area contributed by atoms with E-state index in [2.05, 4.69) is 21.3 Å². The summed E-state index contributed by atoms with van der Waals surface area (Å²) in [7, 11) is 0. The first-order valence-corrected chi connectivity index (χ1v) is 15.9. The van der Waals surface area contributed by atoms with Gasteiger partial charge in [0.05, 0.1) is 12.5 Å². The second-order valence-corrected chi connectivity index (χ2v) is 12.8. The van der Waals surface area contributed by atoms with Crippen molar-refractivity contribution in [3.8, 4) is 0 Å². The van der Waals surface area contributed by atoms with Crippen LogP contribution in [0.15, 0.2) is 0 Å². The van der Waals surface area contributed by atoms with E-state index in [4.69, 9.17) is 10.8 Å². The number of hydrogen-bond donors (Lipinski definition) is 7. The minimum absolute atomic E-state index is 0.219. The zero-order valence-corrected chi connectivity index (χ0v) is 27.8. The van der Waals surface area contributed by atoms with Crippen LogP contribution in [0.3, 0.4) is 0 Å². The first-order valence-electron chi connectivity index (χ1n) is 15.9. The van der Waals surface area contributed by atoms with Crippen LogP contribution in [0.25, 0.3) is 0 Å². The number of likely N-dealkylation sites (tertiary alicyclic amines) is 2. The molecular weight excluding hydrogens is 618 g/mol. The van der Waals surface area contributed by atoms with Gasteiger partial charge in [0, 0.05) is 13.1 Å². The largest absolute Gasteiger partial charge is 0.481 e. The lowest BCUT2D eigenvalue weighted by molar-refractivity contribution is -0.150. The van der Waals surface area contributed by atoms with Gasteiger partial charge in [-0.3, -0.25) is 33.6 Å². The number of amides is 6. The molecule has 0 bridgehead atoms. The summed E-state index contributed by atoms with van der Waals surface area (Å²) in [6.45, 7) is 10.1. The maximum Gasteiger partial charge on any atom is 0.326 e. The monoisotopic (exact) mass is 667 g/mol. The Labute approximate surface area is 273 Å². The predicted octanol–water partition coefficient (Wildman–Crippen LogP) is -1.85. The molecule has 0 aromatic heterocycles. The van der Waals surface area contributed by atoms with Crippen LogP contribution in [0.2, 0.25) is 0 Å². The van der Waals surface area contributed by atoms with Gasteiger partial charge >= 0.3 is 11.9 Å². The molecule has 2 fully saturated rings. The summed E-state index contributed by atoms with van der Waals surface area (Å²) in [5.74, 6) is -7.03. The molecule has 7 atom stereocenters. The van der Waals surface area contributed by atoms with Crippen LogP contribution < -0.4 is 27.0 Å². The molecule has 2 saturated heterocycles. The van der Waals surface area contributed by atoms with E-state index in [1.165, 1.54) is 23.6 Å². The summed E-state index contributed by atoms with van der Waals surface area (Å²) >= 11 is 0. The number of rotatable bonds is 15. The molecular formula is C30H49N7O10. The minimum atomic E-state index is -1.37. The highest BCUT2D eigenvalue weighted by molar-refractivity contribution is 5.97. The third-order valence-corrected chi connectivity index (χ3v) is 8.35. The lowest BCUT2D eigenvalue weighted by Crippen LogP contribution is -2.60. The fourth-order valence-electron chi connectivity index (χ4n) is 5.63. The van der Waals surface area contributed by atoms with Gasteiger partial charge in [-0.25, -0.2) is 4.79 Å². The van der Waals surface area contributed by atoms with Crippen molar-refractivity contribution in [2.75, 3.05) is 13.1 Å². The van der Waals surface area contributed by atoms with Gasteiger partial charge in [-0.05, 0) is 51.4 Å². The highest BCUT2D eigenvalue weighted by atomic mass is 16.4. The molecule has 2 aliphatic rings. The Morgan fingerprint density at radius 2 is 1.17 bits per heavy atom. The van der Waals surface area contributed by atoms with Crippen molar-refractivity contribution in [2.24, 2.45) is 17.6 Å². The predicted molar refractivity (Wildman–Crippen MR) is 166 cm³/mol. The third-order valence-electron chi connectivity index (χ3n) is 8.35. The van der Waals surface area contributed by atoms with Crippen LogP contribution in [-0.4, -0.2) is 123 Å². The first kappa shape index (κ1) is 38.9. The van der Waals surface area contributed by atoms with Gasteiger partial charge in [0.1, 0.15) is 36.3 Å². The first-order chi connectivity index (χ1) is 21.9. The molecule has 264 valence electrons. The number of carbonyl (C=O) groups excluding carboxylic acids is 6. The van der Waals surface area contributed by atoms with E-state index in [1.54, 1.807) is 27.7 Å². The average molecular weight is 668 g/mol. The van der Waals surface area contributed by atoms with E-state index in [9.17, 15) is 43.5 Å². The third kappa shape index (κ3) is 10.4. The van der Waals surface area contributed by atoms with Crippen LogP contribution in [0.4, 0.5) is 0 Å². The molecule has 0 unspecified atom stereocenters. The van der Waals surface area contributed by atoms with Crippen molar-refractivity contribution in [1.29, 1.82) is 0 Å². The highest BCUT2D eigenvalue weighted by Crippen LogP contribution is 2.22. The number of aliphatic carboxylic acids is 2.